The van der Waals surface area contributed by atoms with E-state index in [-0.39, 0.29) is 5.82 Å². The number of rotatable bonds is 1. The van der Waals surface area contributed by atoms with E-state index in [0.29, 0.717) is 11.1 Å². The normalized spacial score (nSPS) is 9.82. The maximum Gasteiger partial charge on any atom is 0.129 e. The van der Waals surface area contributed by atoms with Crippen LogP contribution in [0.25, 0.3) is 0 Å². The molecule has 1 aromatic carbocycles. The van der Waals surface area contributed by atoms with Gasteiger partial charge in [0.25, 0.3) is 0 Å². The molecule has 0 unspecified atom stereocenters. The third-order valence-corrected chi connectivity index (χ3v) is 1.60. The van der Waals surface area contributed by atoms with E-state index in [9.17, 15) is 4.39 Å². The molecule has 0 fully saturated rings. The number of hydrogen-bond donors (Lipinski definition) is 2. The lowest BCUT2D eigenvalue weighted by Gasteiger charge is -2.04. The molecule has 0 heterocycles. The van der Waals surface area contributed by atoms with Crippen LogP contribution in [0.2, 0.25) is 0 Å². The Balaban J connectivity index is 3.21. The largest absolute Gasteiger partial charge is 0.324 e. The van der Waals surface area contributed by atoms with Crippen LogP contribution in [0.5, 0.6) is 0 Å². The molecule has 0 aromatic heterocycles. The highest BCUT2D eigenvalue weighted by Gasteiger charge is 2.02. The minimum atomic E-state index is -0.163. The number of nitrogens with one attached hydrogen (secondary N) is 1. The monoisotopic (exact) mass is 154 g/mol. The van der Waals surface area contributed by atoms with Gasteiger partial charge in [0, 0.05) is 5.69 Å². The van der Waals surface area contributed by atoms with Crippen molar-refractivity contribution in [2.45, 2.75) is 13.8 Å². The maximum atomic E-state index is 13.0. The van der Waals surface area contributed by atoms with Crippen molar-refractivity contribution >= 4 is 5.69 Å². The first kappa shape index (κ1) is 8.01. The van der Waals surface area contributed by atoms with E-state index < -0.39 is 0 Å². The van der Waals surface area contributed by atoms with Gasteiger partial charge in [-0.25, -0.2) is 4.39 Å². The Morgan fingerprint density at radius 3 is 2.09 bits per heavy atom. The Hall–Kier alpha value is -1.09. The van der Waals surface area contributed by atoms with E-state index in [1.54, 1.807) is 26.0 Å². The first-order valence-corrected chi connectivity index (χ1v) is 3.38. The van der Waals surface area contributed by atoms with Crippen LogP contribution in [0.1, 0.15) is 11.1 Å². The van der Waals surface area contributed by atoms with Gasteiger partial charge in [0.15, 0.2) is 0 Å². The quantitative estimate of drug-likeness (QED) is 0.477. The summed E-state index contributed by atoms with van der Waals surface area (Å²) >= 11 is 0. The number of benzene rings is 1. The Morgan fingerprint density at radius 1 is 1.27 bits per heavy atom. The number of nitrogen functional groups attached to an aromatic ring is 1. The fourth-order valence-electron chi connectivity index (χ4n) is 1.03. The summed E-state index contributed by atoms with van der Waals surface area (Å²) < 4.78 is 13.0. The molecule has 60 valence electrons. The van der Waals surface area contributed by atoms with Crippen molar-refractivity contribution in [1.29, 1.82) is 0 Å². The molecule has 3 heteroatoms. The van der Waals surface area contributed by atoms with Crippen molar-refractivity contribution in [3.8, 4) is 0 Å². The van der Waals surface area contributed by atoms with Crippen LogP contribution in [0.3, 0.4) is 0 Å². The molecule has 0 saturated heterocycles. The smallest absolute Gasteiger partial charge is 0.129 e. The minimum Gasteiger partial charge on any atom is -0.324 e. The van der Waals surface area contributed by atoms with Crippen LogP contribution in [-0.2, 0) is 0 Å². The summed E-state index contributed by atoms with van der Waals surface area (Å²) in [5, 5.41) is 0. The molecule has 0 aliphatic carbocycles. The van der Waals surface area contributed by atoms with Crippen molar-refractivity contribution < 1.29 is 4.39 Å². The van der Waals surface area contributed by atoms with Crippen LogP contribution in [0, 0.1) is 19.7 Å². The first-order valence-electron chi connectivity index (χ1n) is 3.38. The summed E-state index contributed by atoms with van der Waals surface area (Å²) in [6.45, 7) is 3.42. The Labute approximate surface area is 65.2 Å². The summed E-state index contributed by atoms with van der Waals surface area (Å²) in [6.07, 6.45) is 0. The lowest BCUT2D eigenvalue weighted by Crippen LogP contribution is -2.07. The van der Waals surface area contributed by atoms with E-state index in [4.69, 9.17) is 5.84 Å². The lowest BCUT2D eigenvalue weighted by atomic mass is 10.1. The molecular formula is C8H11FN2. The highest BCUT2D eigenvalue weighted by Crippen LogP contribution is 2.16. The number of nitrogens with two attached hydrogens (primary N) is 1. The second kappa shape index (κ2) is 2.88. The Morgan fingerprint density at radius 2 is 1.73 bits per heavy atom. The fourth-order valence-corrected chi connectivity index (χ4v) is 1.03. The molecular weight excluding hydrogens is 143 g/mol. The molecule has 0 spiro atoms. The van der Waals surface area contributed by atoms with Crippen LogP contribution < -0.4 is 11.3 Å². The summed E-state index contributed by atoms with van der Waals surface area (Å²) in [5.74, 6) is 5.00. The van der Waals surface area contributed by atoms with Gasteiger partial charge in [-0.3, -0.25) is 5.84 Å². The average molecular weight is 154 g/mol. The van der Waals surface area contributed by atoms with E-state index in [1.165, 1.54) is 0 Å². The summed E-state index contributed by atoms with van der Waals surface area (Å²) in [5.41, 5.74) is 4.43. The maximum absolute atomic E-state index is 13.0. The van der Waals surface area contributed by atoms with E-state index >= 15 is 0 Å². The van der Waals surface area contributed by atoms with Crippen molar-refractivity contribution in [1.82, 2.24) is 0 Å². The fraction of sp³-hybridized carbons (Fsp3) is 0.250. The molecule has 0 aliphatic heterocycles. The van der Waals surface area contributed by atoms with Crippen LogP contribution >= 0.6 is 0 Å². The van der Waals surface area contributed by atoms with Gasteiger partial charge in [-0.1, -0.05) is 0 Å². The molecule has 1 aromatic rings. The molecule has 0 atom stereocenters. The van der Waals surface area contributed by atoms with Gasteiger partial charge in [-0.2, -0.15) is 0 Å². The molecule has 0 radical (unpaired) electrons. The van der Waals surface area contributed by atoms with Gasteiger partial charge in [0.05, 0.1) is 0 Å². The van der Waals surface area contributed by atoms with Gasteiger partial charge < -0.3 is 5.43 Å². The highest BCUT2D eigenvalue weighted by atomic mass is 19.1. The molecule has 0 bridgehead atoms. The summed E-state index contributed by atoms with van der Waals surface area (Å²) in [7, 11) is 0. The van der Waals surface area contributed by atoms with E-state index in [0.717, 1.165) is 5.69 Å². The number of hydrazine groups is 1. The second-order valence-electron chi connectivity index (χ2n) is 2.57. The standard InChI is InChI=1S/C8H11FN2/c1-5-3-7(11-10)4-6(2)8(5)9/h3-4,11H,10H2,1-2H3. The van der Waals surface area contributed by atoms with Gasteiger partial charge in [0.1, 0.15) is 5.82 Å². The van der Waals surface area contributed by atoms with Gasteiger partial charge in [0.2, 0.25) is 0 Å². The molecule has 0 saturated carbocycles. The zero-order valence-corrected chi connectivity index (χ0v) is 6.61. The third-order valence-electron chi connectivity index (χ3n) is 1.60. The second-order valence-corrected chi connectivity index (χ2v) is 2.57. The van der Waals surface area contributed by atoms with Crippen molar-refractivity contribution in [2.75, 3.05) is 5.43 Å². The molecule has 0 aliphatic rings. The van der Waals surface area contributed by atoms with Gasteiger partial charge >= 0.3 is 0 Å². The third kappa shape index (κ3) is 1.49. The molecule has 3 N–H and O–H groups in total. The highest BCUT2D eigenvalue weighted by molar-refractivity contribution is 5.47. The predicted molar refractivity (Wildman–Crippen MR) is 43.7 cm³/mol. The topological polar surface area (TPSA) is 38.0 Å². The summed E-state index contributed by atoms with van der Waals surface area (Å²) in [6, 6.07) is 3.34. The van der Waals surface area contributed by atoms with Crippen LogP contribution in [0.4, 0.5) is 10.1 Å². The minimum absolute atomic E-state index is 0.163. The van der Waals surface area contributed by atoms with Crippen LogP contribution in [-0.4, -0.2) is 0 Å². The number of anilines is 1. The molecule has 1 rings (SSSR count). The molecule has 11 heavy (non-hydrogen) atoms. The van der Waals surface area contributed by atoms with Crippen molar-refractivity contribution in [3.63, 3.8) is 0 Å². The number of aryl methyl sites for hydroxylation is 2. The van der Waals surface area contributed by atoms with E-state index in [1.807, 2.05) is 0 Å². The van der Waals surface area contributed by atoms with Gasteiger partial charge in [-0.15, -0.1) is 0 Å². The number of hydrogen-bond acceptors (Lipinski definition) is 2. The molecule has 2 nitrogen and oxygen atoms in total. The Bertz CT molecular complexity index is 248. The predicted octanol–water partition coefficient (Wildman–Crippen LogP) is 1.73. The Kier molecular flexibility index (Phi) is 2.10. The van der Waals surface area contributed by atoms with E-state index in [2.05, 4.69) is 5.43 Å². The van der Waals surface area contributed by atoms with Crippen LogP contribution in [0.15, 0.2) is 12.1 Å². The zero-order chi connectivity index (χ0) is 8.43. The molecule has 0 amide bonds. The average Bonchev–Trinajstić information content (AvgIpc) is 1.99. The SMILES string of the molecule is Cc1cc(NN)cc(C)c1F. The first-order chi connectivity index (χ1) is 5.15. The summed E-state index contributed by atoms with van der Waals surface area (Å²) in [4.78, 5) is 0. The zero-order valence-electron chi connectivity index (χ0n) is 6.61. The van der Waals surface area contributed by atoms with Crippen molar-refractivity contribution in [2.24, 2.45) is 5.84 Å². The van der Waals surface area contributed by atoms with Crippen molar-refractivity contribution in [3.05, 3.63) is 29.1 Å². The number of halogens is 1. The lowest BCUT2D eigenvalue weighted by molar-refractivity contribution is 0.609. The van der Waals surface area contributed by atoms with Gasteiger partial charge in [-0.05, 0) is 37.1 Å².